The number of rotatable bonds is 3. The van der Waals surface area contributed by atoms with Crippen LogP contribution in [0.25, 0.3) is 22.0 Å². The molecule has 0 saturated heterocycles. The summed E-state index contributed by atoms with van der Waals surface area (Å²) < 4.78 is 5.14. The minimum absolute atomic E-state index is 0.314. The van der Waals surface area contributed by atoms with Crippen LogP contribution in [0.2, 0.25) is 10.0 Å². The number of carbonyl (C=O) groups excluding carboxylic acids is 1. The van der Waals surface area contributed by atoms with Crippen molar-refractivity contribution < 1.29 is 9.53 Å². The van der Waals surface area contributed by atoms with Gasteiger partial charge in [0.25, 0.3) is 0 Å². The fourth-order valence-corrected chi connectivity index (χ4v) is 2.73. The van der Waals surface area contributed by atoms with E-state index in [1.165, 1.54) is 0 Å². The Morgan fingerprint density at radius 2 is 1.77 bits per heavy atom. The van der Waals surface area contributed by atoms with Crippen molar-refractivity contribution >= 4 is 40.1 Å². The van der Waals surface area contributed by atoms with Gasteiger partial charge in [0.05, 0.1) is 6.61 Å². The number of benzene rings is 2. The summed E-state index contributed by atoms with van der Waals surface area (Å²) in [5.74, 6) is -0.389. The van der Waals surface area contributed by atoms with Gasteiger partial charge in [0.2, 0.25) is 0 Å². The van der Waals surface area contributed by atoms with Crippen LogP contribution in [-0.2, 0) is 4.74 Å². The highest BCUT2D eigenvalue weighted by Gasteiger charge is 2.20. The molecule has 1 aromatic heterocycles. The molecule has 0 aliphatic carbocycles. The van der Waals surface area contributed by atoms with Gasteiger partial charge in [-0.3, -0.25) is 0 Å². The van der Waals surface area contributed by atoms with Gasteiger partial charge in [-0.15, -0.1) is 0 Å². The van der Waals surface area contributed by atoms with E-state index < -0.39 is 0 Å². The molecule has 3 rings (SSSR count). The van der Waals surface area contributed by atoms with Gasteiger partial charge in [-0.25, -0.2) is 4.79 Å². The second-order valence-electron chi connectivity index (χ2n) is 4.79. The number of nitrogens with one attached hydrogen (secondary N) is 1. The average molecular weight is 334 g/mol. The Labute approximate surface area is 137 Å². The van der Waals surface area contributed by atoms with Crippen molar-refractivity contribution in [2.75, 3.05) is 6.61 Å². The van der Waals surface area contributed by atoms with Crippen molar-refractivity contribution in [2.45, 2.75) is 6.92 Å². The first-order valence-corrected chi connectivity index (χ1v) is 7.60. The Morgan fingerprint density at radius 1 is 1.09 bits per heavy atom. The van der Waals surface area contributed by atoms with Gasteiger partial charge in [0.1, 0.15) is 5.69 Å². The third kappa shape index (κ3) is 2.70. The van der Waals surface area contributed by atoms with Crippen LogP contribution >= 0.6 is 23.2 Å². The van der Waals surface area contributed by atoms with Crippen molar-refractivity contribution in [3.05, 3.63) is 58.2 Å². The van der Waals surface area contributed by atoms with Crippen LogP contribution in [0.4, 0.5) is 0 Å². The van der Waals surface area contributed by atoms with E-state index in [9.17, 15) is 4.79 Å². The molecular formula is C17H13Cl2NO2. The molecular weight excluding hydrogens is 321 g/mol. The van der Waals surface area contributed by atoms with Crippen molar-refractivity contribution in [1.82, 2.24) is 4.98 Å². The van der Waals surface area contributed by atoms with Gasteiger partial charge in [0.15, 0.2) is 0 Å². The maximum Gasteiger partial charge on any atom is 0.355 e. The second kappa shape index (κ2) is 6.03. The summed E-state index contributed by atoms with van der Waals surface area (Å²) in [5.41, 5.74) is 2.90. The van der Waals surface area contributed by atoms with E-state index in [2.05, 4.69) is 4.98 Å². The average Bonchev–Trinajstić information content (AvgIpc) is 2.87. The predicted octanol–water partition coefficient (Wildman–Crippen LogP) is 5.32. The molecule has 1 N–H and O–H groups in total. The highest BCUT2D eigenvalue weighted by molar-refractivity contribution is 6.32. The largest absolute Gasteiger partial charge is 0.461 e. The molecule has 2 aromatic carbocycles. The SMILES string of the molecule is CCOC(=O)c1[nH]c2ccc(Cl)cc2c1-c1ccc(Cl)cc1. The normalized spacial score (nSPS) is 10.9. The zero-order valence-electron chi connectivity index (χ0n) is 11.8. The van der Waals surface area contributed by atoms with Crippen molar-refractivity contribution in [1.29, 1.82) is 0 Å². The molecule has 0 unspecified atom stereocenters. The topological polar surface area (TPSA) is 42.1 Å². The van der Waals surface area contributed by atoms with Crippen LogP contribution in [-0.4, -0.2) is 17.6 Å². The predicted molar refractivity (Wildman–Crippen MR) is 89.7 cm³/mol. The number of carbonyl (C=O) groups is 1. The quantitative estimate of drug-likeness (QED) is 0.659. The molecule has 112 valence electrons. The second-order valence-corrected chi connectivity index (χ2v) is 5.67. The number of hydrogen-bond acceptors (Lipinski definition) is 2. The number of hydrogen-bond donors (Lipinski definition) is 1. The molecule has 3 nitrogen and oxygen atoms in total. The first-order chi connectivity index (χ1) is 10.6. The van der Waals surface area contributed by atoms with Crippen LogP contribution < -0.4 is 0 Å². The molecule has 22 heavy (non-hydrogen) atoms. The van der Waals surface area contributed by atoms with Crippen LogP contribution in [0.1, 0.15) is 17.4 Å². The zero-order chi connectivity index (χ0) is 15.7. The van der Waals surface area contributed by atoms with E-state index in [0.29, 0.717) is 22.3 Å². The van der Waals surface area contributed by atoms with Gasteiger partial charge in [-0.05, 0) is 42.8 Å². The van der Waals surface area contributed by atoms with E-state index in [4.69, 9.17) is 27.9 Å². The summed E-state index contributed by atoms with van der Waals surface area (Å²) in [7, 11) is 0. The van der Waals surface area contributed by atoms with Gasteiger partial charge in [-0.2, -0.15) is 0 Å². The lowest BCUT2D eigenvalue weighted by Crippen LogP contribution is -2.06. The smallest absolute Gasteiger partial charge is 0.355 e. The van der Waals surface area contributed by atoms with Gasteiger partial charge >= 0.3 is 5.97 Å². The first-order valence-electron chi connectivity index (χ1n) is 6.84. The number of halogens is 2. The number of esters is 1. The van der Waals surface area contributed by atoms with Gasteiger partial charge in [0, 0.05) is 26.5 Å². The Bertz CT molecular complexity index is 838. The molecule has 0 amide bonds. The summed E-state index contributed by atoms with van der Waals surface area (Å²) in [6, 6.07) is 12.8. The lowest BCUT2D eigenvalue weighted by Gasteiger charge is -2.05. The molecule has 0 spiro atoms. The molecule has 3 aromatic rings. The van der Waals surface area contributed by atoms with Crippen LogP contribution in [0.3, 0.4) is 0 Å². The maximum atomic E-state index is 12.2. The lowest BCUT2D eigenvalue weighted by molar-refractivity contribution is 0.0521. The first kappa shape index (κ1) is 14.9. The summed E-state index contributed by atoms with van der Waals surface area (Å²) in [6.07, 6.45) is 0. The molecule has 5 heteroatoms. The fourth-order valence-electron chi connectivity index (χ4n) is 2.44. The van der Waals surface area contributed by atoms with Crippen LogP contribution in [0.5, 0.6) is 0 Å². The molecule has 0 aliphatic rings. The lowest BCUT2D eigenvalue weighted by atomic mass is 10.0. The summed E-state index contributed by atoms with van der Waals surface area (Å²) in [5, 5.41) is 2.12. The molecule has 0 atom stereocenters. The van der Waals surface area contributed by atoms with E-state index in [0.717, 1.165) is 22.0 Å². The highest BCUT2D eigenvalue weighted by Crippen LogP contribution is 2.35. The summed E-state index contributed by atoms with van der Waals surface area (Å²) in [4.78, 5) is 15.4. The van der Waals surface area contributed by atoms with E-state index in [1.807, 2.05) is 24.3 Å². The third-order valence-electron chi connectivity index (χ3n) is 3.37. The molecule has 0 fully saturated rings. The van der Waals surface area contributed by atoms with E-state index in [1.54, 1.807) is 25.1 Å². The van der Waals surface area contributed by atoms with Crippen molar-refractivity contribution in [2.24, 2.45) is 0 Å². The van der Waals surface area contributed by atoms with Crippen LogP contribution in [0.15, 0.2) is 42.5 Å². The minimum atomic E-state index is -0.389. The number of aromatic amines is 1. The number of H-pyrrole nitrogens is 1. The third-order valence-corrected chi connectivity index (χ3v) is 3.86. The summed E-state index contributed by atoms with van der Waals surface area (Å²) >= 11 is 12.1. The number of fused-ring (bicyclic) bond motifs is 1. The van der Waals surface area contributed by atoms with Crippen molar-refractivity contribution in [3.8, 4) is 11.1 Å². The van der Waals surface area contributed by atoms with Crippen LogP contribution in [0, 0.1) is 0 Å². The Kier molecular flexibility index (Phi) is 4.10. The standard InChI is InChI=1S/C17H13Cl2NO2/c1-2-22-17(21)16-15(10-3-5-11(18)6-4-10)13-9-12(19)7-8-14(13)20-16/h3-9,20H,2H2,1H3. The molecule has 1 heterocycles. The molecule has 0 bridgehead atoms. The molecule has 0 saturated carbocycles. The van der Waals surface area contributed by atoms with E-state index in [-0.39, 0.29) is 5.97 Å². The van der Waals surface area contributed by atoms with Gasteiger partial charge in [-0.1, -0.05) is 35.3 Å². The monoisotopic (exact) mass is 333 g/mol. The number of aromatic nitrogens is 1. The Morgan fingerprint density at radius 3 is 2.45 bits per heavy atom. The Hall–Kier alpha value is -1.97. The highest BCUT2D eigenvalue weighted by atomic mass is 35.5. The molecule has 0 aliphatic heterocycles. The number of ether oxygens (including phenoxy) is 1. The zero-order valence-corrected chi connectivity index (χ0v) is 13.3. The fraction of sp³-hybridized carbons (Fsp3) is 0.118. The molecule has 0 radical (unpaired) electrons. The van der Waals surface area contributed by atoms with E-state index >= 15 is 0 Å². The maximum absolute atomic E-state index is 12.2. The summed E-state index contributed by atoms with van der Waals surface area (Å²) in [6.45, 7) is 2.09. The Balaban J connectivity index is 2.27. The van der Waals surface area contributed by atoms with Gasteiger partial charge < -0.3 is 9.72 Å². The minimum Gasteiger partial charge on any atom is -0.461 e. The van der Waals surface area contributed by atoms with Crippen molar-refractivity contribution in [3.63, 3.8) is 0 Å².